The lowest BCUT2D eigenvalue weighted by Gasteiger charge is -2.29. The fourth-order valence-electron chi connectivity index (χ4n) is 4.42. The first kappa shape index (κ1) is 42.4. The molecular formula is C31H56N7O8. The van der Waals surface area contributed by atoms with Gasteiger partial charge in [0.1, 0.15) is 24.2 Å². The number of amides is 6. The molecule has 15 heteroatoms. The molecule has 0 spiro atoms. The third kappa shape index (κ3) is 15.6. The summed E-state index contributed by atoms with van der Waals surface area (Å²) in [5, 5.41) is 22.6. The van der Waals surface area contributed by atoms with Crippen molar-refractivity contribution in [3.05, 3.63) is 0 Å². The number of rotatable bonds is 22. The summed E-state index contributed by atoms with van der Waals surface area (Å²) in [4.78, 5) is 88.4. The SMILES string of the molecule is CC[C@H](C)[C@H](NC(=O)[C@H](CCC(N)=O)NC(=O)[C@H](CO)NC(=O)[C@H](CC(C)C)NC(=O)[C@@H](N)CC(C)C)C(=O)N[C@H]([C]=O)C(C)C. The molecule has 10 N–H and O–H groups in total. The first-order chi connectivity index (χ1) is 21.4. The molecule has 46 heavy (non-hydrogen) atoms. The van der Waals surface area contributed by atoms with Crippen LogP contribution in [-0.2, 0) is 33.6 Å². The molecule has 7 atom stereocenters. The number of nitrogens with one attached hydrogen (secondary N) is 5. The molecule has 0 rings (SSSR count). The zero-order chi connectivity index (χ0) is 35.7. The summed E-state index contributed by atoms with van der Waals surface area (Å²) in [6.45, 7) is 13.6. The fourth-order valence-corrected chi connectivity index (χ4v) is 4.42. The normalized spacial score (nSPS) is 15.9. The molecule has 0 aliphatic rings. The van der Waals surface area contributed by atoms with Gasteiger partial charge in [0.15, 0.2) is 0 Å². The Bertz CT molecular complexity index is 1040. The standard InChI is InChI=1S/C31H56N7O8/c1-9-19(8)26(31(46)36-23(14-39)18(6)7)38-28(43)21(10-11-25(33)41)34-30(45)24(15-40)37-29(44)22(13-17(4)5)35-27(42)20(32)12-16(2)3/h16-24,26,40H,9-13,15,32H2,1-8H3,(H2,33,41)(H,34,45)(H,35,42)(H,36,46)(H,37,44)(H,38,43)/t19-,20-,21-,22-,23+,24-,26-/m0/s1. The Labute approximate surface area is 272 Å². The van der Waals surface area contributed by atoms with Crippen LogP contribution >= 0.6 is 0 Å². The maximum Gasteiger partial charge on any atom is 0.245 e. The molecule has 0 bridgehead atoms. The maximum absolute atomic E-state index is 13.4. The number of nitrogens with two attached hydrogens (primary N) is 2. The van der Waals surface area contributed by atoms with Gasteiger partial charge in [-0.3, -0.25) is 33.6 Å². The van der Waals surface area contributed by atoms with Crippen LogP contribution in [0.25, 0.3) is 0 Å². The van der Waals surface area contributed by atoms with E-state index in [1.54, 1.807) is 34.0 Å². The van der Waals surface area contributed by atoms with Crippen LogP contribution < -0.4 is 38.1 Å². The van der Waals surface area contributed by atoms with Crippen molar-refractivity contribution in [2.45, 2.75) is 124 Å². The van der Waals surface area contributed by atoms with Crippen LogP contribution in [0.4, 0.5) is 0 Å². The first-order valence-electron chi connectivity index (χ1n) is 15.9. The Morgan fingerprint density at radius 3 is 1.65 bits per heavy atom. The van der Waals surface area contributed by atoms with Gasteiger partial charge < -0.3 is 43.2 Å². The molecule has 0 aromatic carbocycles. The highest BCUT2D eigenvalue weighted by molar-refractivity contribution is 5.96. The average Bonchev–Trinajstić information content (AvgIpc) is 2.96. The van der Waals surface area contributed by atoms with E-state index in [4.69, 9.17) is 11.5 Å². The van der Waals surface area contributed by atoms with Crippen LogP contribution in [0.1, 0.15) is 87.5 Å². The molecule has 6 amide bonds. The number of aliphatic hydroxyl groups is 1. The van der Waals surface area contributed by atoms with E-state index in [9.17, 15) is 38.7 Å². The number of aliphatic hydroxyl groups excluding tert-OH is 1. The first-order valence-corrected chi connectivity index (χ1v) is 15.9. The molecule has 0 unspecified atom stereocenters. The van der Waals surface area contributed by atoms with Crippen LogP contribution in [0, 0.1) is 23.7 Å². The van der Waals surface area contributed by atoms with Gasteiger partial charge in [-0.15, -0.1) is 0 Å². The summed E-state index contributed by atoms with van der Waals surface area (Å²) in [6, 6.07) is -6.84. The van der Waals surface area contributed by atoms with E-state index in [0.29, 0.717) is 12.8 Å². The summed E-state index contributed by atoms with van der Waals surface area (Å²) in [7, 11) is 0. The molecule has 263 valence electrons. The van der Waals surface area contributed by atoms with Crippen molar-refractivity contribution >= 4 is 41.7 Å². The lowest BCUT2D eigenvalue weighted by Crippen LogP contribution is -2.60. The van der Waals surface area contributed by atoms with Gasteiger partial charge in [0.05, 0.1) is 18.7 Å². The Morgan fingerprint density at radius 2 is 1.20 bits per heavy atom. The molecule has 0 fully saturated rings. The summed E-state index contributed by atoms with van der Waals surface area (Å²) in [6.07, 6.45) is 2.30. The van der Waals surface area contributed by atoms with Crippen LogP contribution in [-0.4, -0.2) is 89.7 Å². The fraction of sp³-hybridized carbons (Fsp3) is 0.774. The number of hydrogen-bond acceptors (Lipinski definition) is 9. The zero-order valence-electron chi connectivity index (χ0n) is 28.5. The van der Waals surface area contributed by atoms with E-state index in [2.05, 4.69) is 26.6 Å². The van der Waals surface area contributed by atoms with Crippen LogP contribution in [0.2, 0.25) is 0 Å². The van der Waals surface area contributed by atoms with Gasteiger partial charge in [-0.1, -0.05) is 61.8 Å². The maximum atomic E-state index is 13.4. The number of carbonyl (C=O) groups is 6. The molecule has 0 aliphatic heterocycles. The lowest BCUT2D eigenvalue weighted by atomic mass is 9.96. The molecule has 0 aliphatic carbocycles. The average molecular weight is 655 g/mol. The number of hydrogen-bond donors (Lipinski definition) is 8. The van der Waals surface area contributed by atoms with Crippen LogP contribution in [0.15, 0.2) is 0 Å². The molecule has 0 aromatic rings. The third-order valence-corrected chi connectivity index (χ3v) is 7.41. The summed E-state index contributed by atoms with van der Waals surface area (Å²) in [5.41, 5.74) is 11.2. The quantitative estimate of drug-likeness (QED) is 0.0704. The van der Waals surface area contributed by atoms with Gasteiger partial charge in [0.2, 0.25) is 41.7 Å². The van der Waals surface area contributed by atoms with Gasteiger partial charge >= 0.3 is 0 Å². The van der Waals surface area contributed by atoms with Gasteiger partial charge in [0, 0.05) is 6.42 Å². The summed E-state index contributed by atoms with van der Waals surface area (Å²) >= 11 is 0. The monoisotopic (exact) mass is 654 g/mol. The third-order valence-electron chi connectivity index (χ3n) is 7.41. The predicted molar refractivity (Wildman–Crippen MR) is 172 cm³/mol. The molecule has 0 saturated heterocycles. The van der Waals surface area contributed by atoms with Crippen LogP contribution in [0.3, 0.4) is 0 Å². The second kappa shape index (κ2) is 21.3. The second-order valence-electron chi connectivity index (χ2n) is 13.0. The van der Waals surface area contributed by atoms with E-state index in [-0.39, 0.29) is 42.9 Å². The Balaban J connectivity index is 5.94. The van der Waals surface area contributed by atoms with Gasteiger partial charge in [-0.05, 0) is 42.9 Å². The zero-order valence-corrected chi connectivity index (χ0v) is 28.5. The van der Waals surface area contributed by atoms with E-state index < -0.39 is 78.3 Å². The van der Waals surface area contributed by atoms with Crippen molar-refractivity contribution < 1.29 is 38.7 Å². The molecule has 15 nitrogen and oxygen atoms in total. The summed E-state index contributed by atoms with van der Waals surface area (Å²) < 4.78 is 0. The highest BCUT2D eigenvalue weighted by Gasteiger charge is 2.34. The van der Waals surface area contributed by atoms with E-state index >= 15 is 0 Å². The predicted octanol–water partition coefficient (Wildman–Crippen LogP) is -1.10. The van der Waals surface area contributed by atoms with Gasteiger partial charge in [0.25, 0.3) is 0 Å². The summed E-state index contributed by atoms with van der Waals surface area (Å²) in [5.74, 6) is -4.96. The van der Waals surface area contributed by atoms with Crippen molar-refractivity contribution in [3.63, 3.8) is 0 Å². The molecule has 0 aromatic heterocycles. The Kier molecular flexibility index (Phi) is 19.6. The topological polar surface area (TPSA) is 252 Å². The minimum atomic E-state index is -1.53. The molecular weight excluding hydrogens is 598 g/mol. The van der Waals surface area contributed by atoms with Crippen molar-refractivity contribution in [1.82, 2.24) is 26.6 Å². The smallest absolute Gasteiger partial charge is 0.245 e. The highest BCUT2D eigenvalue weighted by atomic mass is 16.3. The van der Waals surface area contributed by atoms with Crippen molar-refractivity contribution in [2.75, 3.05) is 6.61 Å². The molecule has 0 saturated carbocycles. The minimum Gasteiger partial charge on any atom is -0.394 e. The van der Waals surface area contributed by atoms with E-state index in [1.807, 2.05) is 27.7 Å². The minimum absolute atomic E-state index is 0.0310. The van der Waals surface area contributed by atoms with Crippen LogP contribution in [0.5, 0.6) is 0 Å². The second-order valence-corrected chi connectivity index (χ2v) is 13.0. The Hall–Kier alpha value is -3.59. The van der Waals surface area contributed by atoms with Crippen molar-refractivity contribution in [1.29, 1.82) is 0 Å². The molecule has 1 radical (unpaired) electrons. The number of primary amides is 1. The highest BCUT2D eigenvalue weighted by Crippen LogP contribution is 2.12. The van der Waals surface area contributed by atoms with E-state index in [1.165, 1.54) is 0 Å². The Morgan fingerprint density at radius 1 is 0.696 bits per heavy atom. The van der Waals surface area contributed by atoms with Gasteiger partial charge in [-0.25, -0.2) is 0 Å². The largest absolute Gasteiger partial charge is 0.394 e. The van der Waals surface area contributed by atoms with E-state index in [0.717, 1.165) is 0 Å². The number of carbonyl (C=O) groups excluding carboxylic acids is 7. The van der Waals surface area contributed by atoms with Crippen molar-refractivity contribution in [3.8, 4) is 0 Å². The lowest BCUT2D eigenvalue weighted by molar-refractivity contribution is -0.136. The molecule has 0 heterocycles. The van der Waals surface area contributed by atoms with Crippen molar-refractivity contribution in [2.24, 2.45) is 35.1 Å². The van der Waals surface area contributed by atoms with Gasteiger partial charge in [-0.2, -0.15) is 0 Å².